The molecule has 0 heterocycles. The van der Waals surface area contributed by atoms with Gasteiger partial charge in [0.15, 0.2) is 0 Å². The Kier molecular flexibility index (Phi) is 5.06. The van der Waals surface area contributed by atoms with Gasteiger partial charge in [-0.25, -0.2) is 0 Å². The first-order chi connectivity index (χ1) is 8.57. The van der Waals surface area contributed by atoms with Gasteiger partial charge < -0.3 is 15.2 Å². The van der Waals surface area contributed by atoms with Crippen molar-refractivity contribution in [2.24, 2.45) is 0 Å². The third-order valence-electron chi connectivity index (χ3n) is 2.27. The van der Waals surface area contributed by atoms with Crippen LogP contribution in [0, 0.1) is 10.1 Å². The second-order valence-electron chi connectivity index (χ2n) is 3.53. The lowest BCUT2D eigenvalue weighted by atomic mass is 10.1. The molecule has 0 spiro atoms. The summed E-state index contributed by atoms with van der Waals surface area (Å²) in [5.74, 6) is -1.17. The maximum absolute atomic E-state index is 11.7. The molecule has 0 aliphatic rings. The molecule has 1 aromatic rings. The highest BCUT2D eigenvalue weighted by Gasteiger charge is 2.20. The lowest BCUT2D eigenvalue weighted by Gasteiger charge is -2.06. The van der Waals surface area contributed by atoms with Crippen molar-refractivity contribution in [3.05, 3.63) is 33.9 Å². The van der Waals surface area contributed by atoms with E-state index in [1.165, 1.54) is 12.1 Å². The number of hydrogen-bond donors (Lipinski definition) is 2. The number of hydrogen-bond acceptors (Lipinski definition) is 5. The van der Waals surface area contributed by atoms with E-state index < -0.39 is 22.3 Å². The molecule has 0 bridgehead atoms. The third-order valence-corrected chi connectivity index (χ3v) is 2.27. The second kappa shape index (κ2) is 6.55. The molecule has 0 aromatic heterocycles. The Balaban J connectivity index is 2.74. The predicted octanol–water partition coefficient (Wildman–Crippen LogP) is 1.07. The molecule has 0 atom stereocenters. The Hall–Kier alpha value is -2.15. The zero-order valence-corrected chi connectivity index (χ0v) is 9.88. The molecular formula is C11H14N2O5. The summed E-state index contributed by atoms with van der Waals surface area (Å²) in [5.41, 5.74) is -0.596. The number of ether oxygens (including phenoxy) is 1. The van der Waals surface area contributed by atoms with Crippen LogP contribution in [0.25, 0.3) is 0 Å². The van der Waals surface area contributed by atoms with Crippen molar-refractivity contribution >= 4 is 11.6 Å². The van der Waals surface area contributed by atoms with Crippen LogP contribution in [0.3, 0.4) is 0 Å². The number of amides is 1. The summed E-state index contributed by atoms with van der Waals surface area (Å²) in [4.78, 5) is 21.5. The quantitative estimate of drug-likeness (QED) is 0.449. The van der Waals surface area contributed by atoms with E-state index in [2.05, 4.69) is 5.32 Å². The highest BCUT2D eigenvalue weighted by Crippen LogP contribution is 2.28. The number of nitrogens with one attached hydrogen (secondary N) is 1. The number of methoxy groups -OCH3 is 1. The average Bonchev–Trinajstić information content (AvgIpc) is 2.34. The number of phenolic OH excluding ortho intramolecular Hbond substituents is 1. The molecule has 1 amide bonds. The van der Waals surface area contributed by atoms with Crippen LogP contribution in [-0.4, -0.2) is 36.2 Å². The second-order valence-corrected chi connectivity index (χ2v) is 3.53. The number of phenols is 1. The van der Waals surface area contributed by atoms with Crippen LogP contribution in [-0.2, 0) is 4.74 Å². The molecule has 0 saturated carbocycles. The summed E-state index contributed by atoms with van der Waals surface area (Å²) >= 11 is 0. The molecule has 0 saturated heterocycles. The number of aromatic hydroxyl groups is 1. The minimum Gasteiger partial charge on any atom is -0.502 e. The molecule has 7 heteroatoms. The van der Waals surface area contributed by atoms with Gasteiger partial charge in [-0.3, -0.25) is 14.9 Å². The number of nitro benzene ring substituents is 1. The molecule has 0 aliphatic carbocycles. The van der Waals surface area contributed by atoms with Crippen LogP contribution in [0.2, 0.25) is 0 Å². The highest BCUT2D eigenvalue weighted by molar-refractivity contribution is 5.98. The van der Waals surface area contributed by atoms with Gasteiger partial charge in [-0.2, -0.15) is 0 Å². The van der Waals surface area contributed by atoms with Crippen LogP contribution < -0.4 is 5.32 Å². The zero-order valence-electron chi connectivity index (χ0n) is 9.88. The minimum atomic E-state index is -0.739. The van der Waals surface area contributed by atoms with E-state index in [9.17, 15) is 20.0 Å². The van der Waals surface area contributed by atoms with Crippen molar-refractivity contribution in [3.63, 3.8) is 0 Å². The molecule has 0 unspecified atom stereocenters. The minimum absolute atomic E-state index is 0.110. The van der Waals surface area contributed by atoms with Crippen molar-refractivity contribution in [1.82, 2.24) is 5.32 Å². The van der Waals surface area contributed by atoms with E-state index in [0.29, 0.717) is 19.6 Å². The first kappa shape index (κ1) is 13.9. The zero-order chi connectivity index (χ0) is 13.5. The third kappa shape index (κ3) is 3.42. The largest absolute Gasteiger partial charge is 0.502 e. The van der Waals surface area contributed by atoms with Gasteiger partial charge in [0.05, 0.1) is 10.5 Å². The molecule has 0 radical (unpaired) electrons. The van der Waals surface area contributed by atoms with Crippen molar-refractivity contribution in [2.45, 2.75) is 6.42 Å². The van der Waals surface area contributed by atoms with E-state index in [4.69, 9.17) is 4.74 Å². The normalized spacial score (nSPS) is 10.1. The summed E-state index contributed by atoms with van der Waals surface area (Å²) in [6.45, 7) is 0.871. The fraction of sp³-hybridized carbons (Fsp3) is 0.364. The van der Waals surface area contributed by atoms with Gasteiger partial charge in [0.1, 0.15) is 0 Å². The number of nitrogens with zero attached hydrogens (tertiary/aromatic N) is 1. The van der Waals surface area contributed by atoms with E-state index in [-0.39, 0.29) is 5.56 Å². The molecule has 2 N–H and O–H groups in total. The topological polar surface area (TPSA) is 102 Å². The van der Waals surface area contributed by atoms with Gasteiger partial charge in [0, 0.05) is 26.3 Å². The number of rotatable bonds is 6. The average molecular weight is 254 g/mol. The first-order valence-electron chi connectivity index (χ1n) is 5.31. The van der Waals surface area contributed by atoms with Crippen molar-refractivity contribution in [2.75, 3.05) is 20.3 Å². The van der Waals surface area contributed by atoms with Crippen LogP contribution in [0.1, 0.15) is 16.8 Å². The highest BCUT2D eigenvalue weighted by atomic mass is 16.6. The van der Waals surface area contributed by atoms with Crippen LogP contribution in [0.15, 0.2) is 18.2 Å². The Morgan fingerprint density at radius 3 is 2.89 bits per heavy atom. The van der Waals surface area contributed by atoms with Gasteiger partial charge >= 0.3 is 5.69 Å². The molecule has 0 aliphatic heterocycles. The van der Waals surface area contributed by atoms with E-state index in [0.717, 1.165) is 6.07 Å². The van der Waals surface area contributed by atoms with Gasteiger partial charge in [0.25, 0.3) is 5.91 Å². The molecule has 1 rings (SSSR count). The SMILES string of the molecule is COCCCNC(=O)c1cccc([N+](=O)[O-])c1O. The first-order valence-corrected chi connectivity index (χ1v) is 5.31. The Morgan fingerprint density at radius 2 is 2.28 bits per heavy atom. The Morgan fingerprint density at radius 1 is 1.56 bits per heavy atom. The fourth-order valence-electron chi connectivity index (χ4n) is 1.38. The lowest BCUT2D eigenvalue weighted by molar-refractivity contribution is -0.385. The Bertz CT molecular complexity index is 447. The summed E-state index contributed by atoms with van der Waals surface area (Å²) in [5, 5.41) is 22.7. The molecule has 1 aromatic carbocycles. The van der Waals surface area contributed by atoms with Crippen molar-refractivity contribution in [3.8, 4) is 5.75 Å². The van der Waals surface area contributed by atoms with Crippen LogP contribution >= 0.6 is 0 Å². The van der Waals surface area contributed by atoms with Crippen LogP contribution in [0.4, 0.5) is 5.69 Å². The number of carbonyl (C=O) groups excluding carboxylic acids is 1. The van der Waals surface area contributed by atoms with Gasteiger partial charge in [-0.1, -0.05) is 6.07 Å². The molecule has 18 heavy (non-hydrogen) atoms. The summed E-state index contributed by atoms with van der Waals surface area (Å²) in [6, 6.07) is 3.81. The lowest BCUT2D eigenvalue weighted by Crippen LogP contribution is -2.25. The number of carbonyl (C=O) groups is 1. The molecular weight excluding hydrogens is 240 g/mol. The van der Waals surface area contributed by atoms with E-state index >= 15 is 0 Å². The van der Waals surface area contributed by atoms with E-state index in [1.807, 2.05) is 0 Å². The molecule has 98 valence electrons. The maximum atomic E-state index is 11.7. The van der Waals surface area contributed by atoms with Crippen molar-refractivity contribution < 1.29 is 19.6 Å². The Labute approximate surface area is 104 Å². The van der Waals surface area contributed by atoms with Gasteiger partial charge in [-0.15, -0.1) is 0 Å². The summed E-state index contributed by atoms with van der Waals surface area (Å²) in [7, 11) is 1.55. The molecule has 7 nitrogen and oxygen atoms in total. The molecule has 0 fully saturated rings. The fourth-order valence-corrected chi connectivity index (χ4v) is 1.38. The number of benzene rings is 1. The van der Waals surface area contributed by atoms with Gasteiger partial charge in [-0.05, 0) is 12.5 Å². The van der Waals surface area contributed by atoms with Crippen LogP contribution in [0.5, 0.6) is 5.75 Å². The monoisotopic (exact) mass is 254 g/mol. The van der Waals surface area contributed by atoms with Gasteiger partial charge in [0.2, 0.25) is 5.75 Å². The van der Waals surface area contributed by atoms with E-state index in [1.54, 1.807) is 7.11 Å². The number of para-hydroxylation sites is 1. The summed E-state index contributed by atoms with van der Waals surface area (Å²) in [6.07, 6.45) is 0.623. The number of nitro groups is 1. The maximum Gasteiger partial charge on any atom is 0.311 e. The smallest absolute Gasteiger partial charge is 0.311 e. The van der Waals surface area contributed by atoms with Crippen molar-refractivity contribution in [1.29, 1.82) is 0 Å². The standard InChI is InChI=1S/C11H14N2O5/c1-18-7-3-6-12-11(15)8-4-2-5-9(10(8)14)13(16)17/h2,4-5,14H,3,6-7H2,1H3,(H,12,15). The summed E-state index contributed by atoms with van der Waals surface area (Å²) < 4.78 is 4.81. The predicted molar refractivity (Wildman–Crippen MR) is 63.6 cm³/mol.